The highest BCUT2D eigenvalue weighted by atomic mass is 35.5. The molecule has 1 aromatic carbocycles. The molecule has 20 heavy (non-hydrogen) atoms. The predicted octanol–water partition coefficient (Wildman–Crippen LogP) is 3.00. The Morgan fingerprint density at radius 2 is 1.95 bits per heavy atom. The van der Waals surface area contributed by atoms with Crippen molar-refractivity contribution in [1.29, 1.82) is 0 Å². The number of amides is 1. The molecule has 2 saturated heterocycles. The van der Waals surface area contributed by atoms with E-state index in [2.05, 4.69) is 4.90 Å². The molecule has 2 fully saturated rings. The lowest BCUT2D eigenvalue weighted by Crippen LogP contribution is -2.47. The number of rotatable bonds is 3. The molecule has 0 N–H and O–H groups in total. The van der Waals surface area contributed by atoms with Gasteiger partial charge in [-0.1, -0.05) is 18.2 Å². The van der Waals surface area contributed by atoms with Crippen molar-refractivity contribution in [3.8, 4) is 5.75 Å². The standard InChI is InChI=1S/C16H20ClNO2/c1-20-15-5-3-2-4-11(15)8-16(19)18-13-6-7-14(18)10-12(17)9-13/h2-5,12-14H,6-10H2,1H3. The molecule has 2 heterocycles. The molecule has 1 amide bonds. The third-order valence-corrected chi connectivity index (χ3v) is 4.85. The SMILES string of the molecule is COc1ccccc1CC(=O)N1C2CCC1CC(Cl)C2. The Morgan fingerprint density at radius 1 is 1.30 bits per heavy atom. The van der Waals surface area contributed by atoms with Crippen molar-refractivity contribution in [2.75, 3.05) is 7.11 Å². The summed E-state index contributed by atoms with van der Waals surface area (Å²) >= 11 is 6.27. The van der Waals surface area contributed by atoms with Crippen molar-refractivity contribution in [2.45, 2.75) is 49.6 Å². The summed E-state index contributed by atoms with van der Waals surface area (Å²) in [6.07, 6.45) is 4.51. The second-order valence-electron chi connectivity index (χ2n) is 5.74. The number of hydrogen-bond acceptors (Lipinski definition) is 2. The number of halogens is 1. The normalized spacial score (nSPS) is 28.5. The summed E-state index contributed by atoms with van der Waals surface area (Å²) in [5.41, 5.74) is 0.965. The van der Waals surface area contributed by atoms with Crippen LogP contribution in [0.4, 0.5) is 0 Å². The number of alkyl halides is 1. The first kappa shape index (κ1) is 13.7. The van der Waals surface area contributed by atoms with Gasteiger partial charge in [0.15, 0.2) is 0 Å². The summed E-state index contributed by atoms with van der Waals surface area (Å²) in [4.78, 5) is 14.7. The van der Waals surface area contributed by atoms with Crippen LogP contribution in [0.25, 0.3) is 0 Å². The predicted molar refractivity (Wildman–Crippen MR) is 79.2 cm³/mol. The molecular weight excluding hydrogens is 274 g/mol. The number of benzene rings is 1. The number of ether oxygens (including phenoxy) is 1. The van der Waals surface area contributed by atoms with E-state index in [1.54, 1.807) is 7.11 Å². The van der Waals surface area contributed by atoms with Crippen LogP contribution < -0.4 is 4.74 Å². The summed E-state index contributed by atoms with van der Waals surface area (Å²) < 4.78 is 5.33. The second kappa shape index (κ2) is 5.65. The van der Waals surface area contributed by atoms with Gasteiger partial charge in [-0.25, -0.2) is 0 Å². The first-order valence-electron chi connectivity index (χ1n) is 7.26. The van der Waals surface area contributed by atoms with Gasteiger partial charge in [-0.15, -0.1) is 11.6 Å². The lowest BCUT2D eigenvalue weighted by Gasteiger charge is -2.37. The van der Waals surface area contributed by atoms with E-state index in [0.717, 1.165) is 37.0 Å². The van der Waals surface area contributed by atoms with E-state index in [0.29, 0.717) is 18.5 Å². The van der Waals surface area contributed by atoms with Gasteiger partial charge in [-0.05, 0) is 31.7 Å². The van der Waals surface area contributed by atoms with Crippen LogP contribution in [0.1, 0.15) is 31.2 Å². The zero-order valence-corrected chi connectivity index (χ0v) is 12.5. The molecule has 2 unspecified atom stereocenters. The zero-order chi connectivity index (χ0) is 14.1. The molecule has 0 radical (unpaired) electrons. The number of methoxy groups -OCH3 is 1. The first-order valence-corrected chi connectivity index (χ1v) is 7.70. The molecule has 2 bridgehead atoms. The minimum atomic E-state index is 0.213. The summed E-state index contributed by atoms with van der Waals surface area (Å²) in [7, 11) is 1.64. The maximum Gasteiger partial charge on any atom is 0.227 e. The van der Waals surface area contributed by atoms with Gasteiger partial charge in [0, 0.05) is 23.0 Å². The van der Waals surface area contributed by atoms with Crippen molar-refractivity contribution >= 4 is 17.5 Å². The van der Waals surface area contributed by atoms with E-state index in [4.69, 9.17) is 16.3 Å². The molecule has 3 nitrogen and oxygen atoms in total. The summed E-state index contributed by atoms with van der Waals surface area (Å²) in [5, 5.41) is 0.239. The monoisotopic (exact) mass is 293 g/mol. The third kappa shape index (κ3) is 2.51. The number of para-hydroxylation sites is 1. The van der Waals surface area contributed by atoms with E-state index < -0.39 is 0 Å². The average Bonchev–Trinajstić information content (AvgIpc) is 2.72. The molecule has 4 heteroatoms. The van der Waals surface area contributed by atoms with Crippen LogP contribution in [0.15, 0.2) is 24.3 Å². The van der Waals surface area contributed by atoms with Gasteiger partial charge in [0.2, 0.25) is 5.91 Å². The van der Waals surface area contributed by atoms with Gasteiger partial charge >= 0.3 is 0 Å². The molecule has 3 rings (SSSR count). The van der Waals surface area contributed by atoms with Gasteiger partial charge in [0.1, 0.15) is 5.75 Å². The molecule has 2 atom stereocenters. The molecule has 0 aliphatic carbocycles. The van der Waals surface area contributed by atoms with E-state index in [1.165, 1.54) is 0 Å². The Balaban J connectivity index is 1.74. The number of fused-ring (bicyclic) bond motifs is 2. The number of carbonyl (C=O) groups excluding carboxylic acids is 1. The number of hydrogen-bond donors (Lipinski definition) is 0. The van der Waals surface area contributed by atoms with Crippen LogP contribution in [0, 0.1) is 0 Å². The first-order chi connectivity index (χ1) is 9.69. The Morgan fingerprint density at radius 3 is 2.60 bits per heavy atom. The Kier molecular flexibility index (Phi) is 3.88. The van der Waals surface area contributed by atoms with Crippen molar-refractivity contribution in [3.63, 3.8) is 0 Å². The third-order valence-electron chi connectivity index (χ3n) is 4.50. The van der Waals surface area contributed by atoms with E-state index >= 15 is 0 Å². The number of carbonyl (C=O) groups is 1. The van der Waals surface area contributed by atoms with Gasteiger partial charge in [0.05, 0.1) is 13.5 Å². The minimum absolute atomic E-state index is 0.213. The summed E-state index contributed by atoms with van der Waals surface area (Å²) in [6.45, 7) is 0. The number of piperidine rings is 1. The average molecular weight is 294 g/mol. The van der Waals surface area contributed by atoms with E-state index in [-0.39, 0.29) is 11.3 Å². The van der Waals surface area contributed by atoms with Crippen LogP contribution in [-0.2, 0) is 11.2 Å². The maximum atomic E-state index is 12.6. The Bertz CT molecular complexity index is 491. The summed E-state index contributed by atoms with van der Waals surface area (Å²) in [5.74, 6) is 1.01. The van der Waals surface area contributed by atoms with Gasteiger partial charge < -0.3 is 9.64 Å². The highest BCUT2D eigenvalue weighted by Crippen LogP contribution is 2.38. The van der Waals surface area contributed by atoms with Crippen LogP contribution in [0.5, 0.6) is 5.75 Å². The largest absolute Gasteiger partial charge is 0.496 e. The molecule has 108 valence electrons. The number of nitrogens with zero attached hydrogens (tertiary/aromatic N) is 1. The molecule has 0 saturated carbocycles. The van der Waals surface area contributed by atoms with Crippen LogP contribution >= 0.6 is 11.6 Å². The lowest BCUT2D eigenvalue weighted by molar-refractivity contribution is -0.134. The van der Waals surface area contributed by atoms with Crippen molar-refractivity contribution < 1.29 is 9.53 Å². The second-order valence-corrected chi connectivity index (χ2v) is 6.36. The van der Waals surface area contributed by atoms with Crippen LogP contribution in [0.2, 0.25) is 0 Å². The van der Waals surface area contributed by atoms with Gasteiger partial charge in [0.25, 0.3) is 0 Å². The summed E-state index contributed by atoms with van der Waals surface area (Å²) in [6, 6.07) is 8.44. The molecular formula is C16H20ClNO2. The molecule has 0 spiro atoms. The topological polar surface area (TPSA) is 29.5 Å². The molecule has 2 aliphatic heterocycles. The minimum Gasteiger partial charge on any atom is -0.496 e. The Labute approximate surface area is 124 Å². The maximum absolute atomic E-state index is 12.6. The highest BCUT2D eigenvalue weighted by molar-refractivity contribution is 6.20. The zero-order valence-electron chi connectivity index (χ0n) is 11.7. The quantitative estimate of drug-likeness (QED) is 0.802. The van der Waals surface area contributed by atoms with Crippen molar-refractivity contribution in [1.82, 2.24) is 4.90 Å². The smallest absolute Gasteiger partial charge is 0.227 e. The fraction of sp³-hybridized carbons (Fsp3) is 0.562. The lowest BCUT2D eigenvalue weighted by atomic mass is 10.0. The fourth-order valence-electron chi connectivity index (χ4n) is 3.62. The van der Waals surface area contributed by atoms with E-state index in [9.17, 15) is 4.79 Å². The highest BCUT2D eigenvalue weighted by Gasteiger charge is 2.42. The van der Waals surface area contributed by atoms with Crippen molar-refractivity contribution in [3.05, 3.63) is 29.8 Å². The molecule has 1 aromatic rings. The van der Waals surface area contributed by atoms with Gasteiger partial charge in [-0.3, -0.25) is 4.79 Å². The Hall–Kier alpha value is -1.22. The van der Waals surface area contributed by atoms with E-state index in [1.807, 2.05) is 24.3 Å². The van der Waals surface area contributed by atoms with Crippen LogP contribution in [0.3, 0.4) is 0 Å². The molecule has 0 aromatic heterocycles. The van der Waals surface area contributed by atoms with Gasteiger partial charge in [-0.2, -0.15) is 0 Å². The fourth-order valence-corrected chi connectivity index (χ4v) is 4.03. The van der Waals surface area contributed by atoms with Crippen LogP contribution in [-0.4, -0.2) is 35.4 Å². The molecule has 2 aliphatic rings. The van der Waals surface area contributed by atoms with Crippen molar-refractivity contribution in [2.24, 2.45) is 0 Å².